The normalized spacial score (nSPS) is 24.7. The van der Waals surface area contributed by atoms with Crippen LogP contribution in [0.25, 0.3) is 0 Å². The van der Waals surface area contributed by atoms with E-state index in [4.69, 9.17) is 12.2 Å². The van der Waals surface area contributed by atoms with Gasteiger partial charge in [-0.05, 0) is 55.7 Å². The van der Waals surface area contributed by atoms with Crippen LogP contribution in [0.4, 0.5) is 5.69 Å². The van der Waals surface area contributed by atoms with Crippen LogP contribution < -0.4 is 5.32 Å². The number of amides is 1. The molecule has 3 aliphatic rings. The van der Waals surface area contributed by atoms with Crippen molar-refractivity contribution in [3.63, 3.8) is 0 Å². The number of nitro benzene ring substituents is 1. The van der Waals surface area contributed by atoms with E-state index >= 15 is 0 Å². The molecule has 2 fully saturated rings. The predicted octanol–water partition coefficient (Wildman–Crippen LogP) is 3.24. The van der Waals surface area contributed by atoms with Crippen molar-refractivity contribution in [3.8, 4) is 0 Å². The highest BCUT2D eigenvalue weighted by atomic mass is 32.2. The van der Waals surface area contributed by atoms with Gasteiger partial charge >= 0.3 is 0 Å². The van der Waals surface area contributed by atoms with Gasteiger partial charge < -0.3 is 10.2 Å². The average Bonchev–Trinajstić information content (AvgIpc) is 3.49. The number of hydrogen-bond donors (Lipinski definition) is 1. The number of unbranched alkanes of at least 4 members (excludes halogenated alkanes) is 1. The highest BCUT2D eigenvalue weighted by molar-refractivity contribution is 7.99. The number of nitrogens with one attached hydrogen (secondary N) is 1. The molecule has 7 nitrogen and oxygen atoms in total. The summed E-state index contributed by atoms with van der Waals surface area (Å²) in [6.07, 6.45) is 4.96. The molecular formula is C23H29N3O4S2. The lowest BCUT2D eigenvalue weighted by Crippen LogP contribution is -2.47. The maximum atomic E-state index is 12.9. The first kappa shape index (κ1) is 23.3. The van der Waals surface area contributed by atoms with Crippen LogP contribution in [0.5, 0.6) is 0 Å². The predicted molar refractivity (Wildman–Crippen MR) is 129 cm³/mol. The van der Waals surface area contributed by atoms with Gasteiger partial charge in [-0.3, -0.25) is 19.7 Å². The average molecular weight is 476 g/mol. The first-order chi connectivity index (χ1) is 15.3. The van der Waals surface area contributed by atoms with Crippen LogP contribution >= 0.6 is 24.0 Å². The van der Waals surface area contributed by atoms with Crippen LogP contribution in [-0.2, 0) is 22.4 Å². The second-order valence-electron chi connectivity index (χ2n) is 9.09. The minimum atomic E-state index is -0.503. The number of fused-ring (bicyclic) bond motifs is 1. The maximum absolute atomic E-state index is 12.9. The van der Waals surface area contributed by atoms with Crippen molar-refractivity contribution in [3.05, 3.63) is 38.9 Å². The molecule has 1 aromatic rings. The van der Waals surface area contributed by atoms with Gasteiger partial charge in [0.15, 0.2) is 0 Å². The smallest absolute Gasteiger partial charge is 0.272 e. The molecule has 1 N–H and O–H groups in total. The number of nitrogens with zero attached hydrogens (tertiary/aromatic N) is 2. The zero-order valence-corrected chi connectivity index (χ0v) is 19.9. The van der Waals surface area contributed by atoms with E-state index in [1.54, 1.807) is 24.8 Å². The molecule has 2 unspecified atom stereocenters. The summed E-state index contributed by atoms with van der Waals surface area (Å²) < 4.78 is 0. The molecule has 0 radical (unpaired) electrons. The van der Waals surface area contributed by atoms with Crippen LogP contribution in [0, 0.1) is 28.9 Å². The minimum Gasteiger partial charge on any atom is -0.331 e. The molecule has 2 aliphatic heterocycles. The molecular weight excluding hydrogens is 446 g/mol. The number of aryl methyl sites for hydroxylation is 1. The quantitative estimate of drug-likeness (QED) is 0.267. The van der Waals surface area contributed by atoms with Crippen molar-refractivity contribution in [2.45, 2.75) is 51.5 Å². The molecule has 32 heavy (non-hydrogen) atoms. The van der Waals surface area contributed by atoms with Gasteiger partial charge in [0, 0.05) is 41.8 Å². The lowest BCUT2D eigenvalue weighted by atomic mass is 9.90. The van der Waals surface area contributed by atoms with Crippen molar-refractivity contribution in [2.24, 2.45) is 11.8 Å². The molecule has 4 rings (SSSR count). The van der Waals surface area contributed by atoms with Crippen LogP contribution in [0.3, 0.4) is 0 Å². The Hall–Kier alpha value is -1.84. The van der Waals surface area contributed by atoms with Gasteiger partial charge in [0.1, 0.15) is 11.8 Å². The number of carbonyl (C=O) groups excluding carboxylic acids is 2. The molecule has 1 aromatic carbocycles. The number of benzene rings is 1. The zero-order valence-electron chi connectivity index (χ0n) is 18.3. The van der Waals surface area contributed by atoms with Gasteiger partial charge in [-0.25, -0.2) is 0 Å². The zero-order chi connectivity index (χ0) is 22.8. The second-order valence-corrected chi connectivity index (χ2v) is 10.7. The summed E-state index contributed by atoms with van der Waals surface area (Å²) >= 11 is 7.16. The summed E-state index contributed by atoms with van der Waals surface area (Å²) in [6, 6.07) is 3.19. The van der Waals surface area contributed by atoms with E-state index in [-0.39, 0.29) is 22.3 Å². The lowest BCUT2D eigenvalue weighted by molar-refractivity contribution is -0.385. The number of rotatable bonds is 8. The molecule has 172 valence electrons. The standard InChI is InChI=1S/C23H29N3O4S2/c1-14-8-16-9-15(10-17(16)11-18(14)26(29)30)4-2-3-5-19(27)21-20(31)12-24-22(21)23(28)25-6-7-32-13-25/h8,11,15,21-22,24H,2-7,9-10,12-13H2,1H3/t15?,21?,22-/m0/s1. The number of nitro groups is 1. The first-order valence-electron chi connectivity index (χ1n) is 11.3. The topological polar surface area (TPSA) is 92.5 Å². The number of thiocarbonyl (C=S) groups is 1. The SMILES string of the molecule is Cc1cc2c(cc1[N+](=O)[O-])CC(CCCCC(=O)C1C(=S)CN[C@@H]1C(=O)N1CCSC1)C2. The molecule has 0 saturated carbocycles. The molecule has 0 aromatic heterocycles. The molecule has 0 spiro atoms. The lowest BCUT2D eigenvalue weighted by Gasteiger charge is -2.23. The number of thioether (sulfide) groups is 1. The Balaban J connectivity index is 1.25. The van der Waals surface area contributed by atoms with Crippen LogP contribution in [0.2, 0.25) is 0 Å². The summed E-state index contributed by atoms with van der Waals surface area (Å²) in [5.41, 5.74) is 3.23. The van der Waals surface area contributed by atoms with Gasteiger partial charge in [-0.1, -0.05) is 18.6 Å². The van der Waals surface area contributed by atoms with Gasteiger partial charge in [0.05, 0.1) is 16.7 Å². The Labute approximate surface area is 197 Å². The number of Topliss-reactive ketones (excluding diaryl/α,β-unsaturated/α-hetero) is 1. The van der Waals surface area contributed by atoms with Crippen molar-refractivity contribution >= 4 is 46.2 Å². The molecule has 0 bridgehead atoms. The molecule has 2 saturated heterocycles. The third-order valence-electron chi connectivity index (χ3n) is 6.87. The van der Waals surface area contributed by atoms with Gasteiger partial charge in [0.25, 0.3) is 5.69 Å². The fourth-order valence-corrected chi connectivity index (χ4v) is 6.47. The van der Waals surface area contributed by atoms with Crippen molar-refractivity contribution < 1.29 is 14.5 Å². The van der Waals surface area contributed by atoms with E-state index in [1.165, 1.54) is 5.56 Å². The van der Waals surface area contributed by atoms with Crippen molar-refractivity contribution in [1.82, 2.24) is 10.2 Å². The van der Waals surface area contributed by atoms with Crippen LogP contribution in [-0.4, -0.2) is 57.1 Å². The fourth-order valence-electron chi connectivity index (χ4n) is 5.17. The van der Waals surface area contributed by atoms with E-state index in [9.17, 15) is 19.7 Å². The minimum absolute atomic E-state index is 0.00121. The summed E-state index contributed by atoms with van der Waals surface area (Å²) in [7, 11) is 0. The van der Waals surface area contributed by atoms with E-state index in [1.807, 2.05) is 11.0 Å². The van der Waals surface area contributed by atoms with E-state index in [0.29, 0.717) is 29.6 Å². The Kier molecular flexibility index (Phi) is 7.27. The first-order valence-corrected chi connectivity index (χ1v) is 12.8. The summed E-state index contributed by atoms with van der Waals surface area (Å²) in [5.74, 6) is 1.70. The third-order valence-corrected chi connectivity index (χ3v) is 8.24. The van der Waals surface area contributed by atoms with Crippen molar-refractivity contribution in [2.75, 3.05) is 24.7 Å². The van der Waals surface area contributed by atoms with Gasteiger partial charge in [-0.15, -0.1) is 11.8 Å². The van der Waals surface area contributed by atoms with E-state index < -0.39 is 12.0 Å². The Morgan fingerprint density at radius 2 is 2.03 bits per heavy atom. The Morgan fingerprint density at radius 3 is 2.72 bits per heavy atom. The summed E-state index contributed by atoms with van der Waals surface area (Å²) in [4.78, 5) is 39.1. The van der Waals surface area contributed by atoms with Gasteiger partial charge in [0.2, 0.25) is 5.91 Å². The monoisotopic (exact) mass is 475 g/mol. The summed E-state index contributed by atoms with van der Waals surface area (Å²) in [6.45, 7) is 2.98. The molecule has 2 heterocycles. The highest BCUT2D eigenvalue weighted by Gasteiger charge is 2.42. The van der Waals surface area contributed by atoms with E-state index in [2.05, 4.69) is 5.32 Å². The van der Waals surface area contributed by atoms with Crippen LogP contribution in [0.1, 0.15) is 42.4 Å². The molecule has 3 atom stereocenters. The molecule has 1 amide bonds. The third kappa shape index (κ3) is 4.89. The fraction of sp³-hybridized carbons (Fsp3) is 0.609. The number of hydrogen-bond acceptors (Lipinski definition) is 7. The molecule has 1 aliphatic carbocycles. The van der Waals surface area contributed by atoms with Crippen LogP contribution in [0.15, 0.2) is 12.1 Å². The highest BCUT2D eigenvalue weighted by Crippen LogP contribution is 2.34. The number of ketones is 1. The molecule has 9 heteroatoms. The second kappa shape index (κ2) is 9.97. The van der Waals surface area contributed by atoms with Gasteiger partial charge in [-0.2, -0.15) is 0 Å². The van der Waals surface area contributed by atoms with Crippen molar-refractivity contribution in [1.29, 1.82) is 0 Å². The maximum Gasteiger partial charge on any atom is 0.272 e. The Morgan fingerprint density at radius 1 is 1.28 bits per heavy atom. The largest absolute Gasteiger partial charge is 0.331 e. The Bertz CT molecular complexity index is 945. The van der Waals surface area contributed by atoms with E-state index in [0.717, 1.165) is 55.5 Å². The summed E-state index contributed by atoms with van der Waals surface area (Å²) in [5, 5.41) is 14.4. The number of carbonyl (C=O) groups is 2.